The first-order valence-electron chi connectivity index (χ1n) is 6.81. The van der Waals surface area contributed by atoms with E-state index in [1.54, 1.807) is 0 Å². The van der Waals surface area contributed by atoms with Crippen molar-refractivity contribution in [1.82, 2.24) is 15.1 Å². The molecule has 1 fully saturated rings. The number of nitrogens with one attached hydrogen (secondary N) is 1. The first-order valence-corrected chi connectivity index (χ1v) is 6.81. The molecule has 0 aromatic carbocycles. The molecule has 3 nitrogen and oxygen atoms in total. The molecule has 0 atom stereocenters. The lowest BCUT2D eigenvalue weighted by atomic mass is 10.1. The summed E-state index contributed by atoms with van der Waals surface area (Å²) in [6.45, 7) is 13.4. The summed E-state index contributed by atoms with van der Waals surface area (Å²) in [6.07, 6.45) is 2.63. The van der Waals surface area contributed by atoms with Gasteiger partial charge in [-0.3, -0.25) is 0 Å². The van der Waals surface area contributed by atoms with Crippen molar-refractivity contribution in [2.75, 3.05) is 52.9 Å². The van der Waals surface area contributed by atoms with Gasteiger partial charge in [-0.05, 0) is 45.4 Å². The molecule has 0 bridgehead atoms. The molecule has 0 spiro atoms. The molecule has 0 amide bonds. The Morgan fingerprint density at radius 1 is 1.00 bits per heavy atom. The minimum Gasteiger partial charge on any atom is -0.320 e. The molecule has 0 radical (unpaired) electrons. The van der Waals surface area contributed by atoms with Gasteiger partial charge in [0.15, 0.2) is 0 Å². The van der Waals surface area contributed by atoms with Crippen LogP contribution in [0.5, 0.6) is 0 Å². The van der Waals surface area contributed by atoms with E-state index in [4.69, 9.17) is 0 Å². The van der Waals surface area contributed by atoms with Gasteiger partial charge in [-0.15, -0.1) is 0 Å². The summed E-state index contributed by atoms with van der Waals surface area (Å²) >= 11 is 0. The normalized spacial score (nSPS) is 19.5. The van der Waals surface area contributed by atoms with E-state index < -0.39 is 0 Å². The lowest BCUT2D eigenvalue weighted by Gasteiger charge is -2.35. The van der Waals surface area contributed by atoms with Crippen molar-refractivity contribution in [3.05, 3.63) is 0 Å². The molecule has 0 unspecified atom stereocenters. The van der Waals surface area contributed by atoms with Crippen molar-refractivity contribution in [2.24, 2.45) is 5.92 Å². The van der Waals surface area contributed by atoms with Crippen molar-refractivity contribution < 1.29 is 0 Å². The van der Waals surface area contributed by atoms with Crippen LogP contribution in [0.4, 0.5) is 0 Å². The van der Waals surface area contributed by atoms with E-state index in [0.29, 0.717) is 0 Å². The molecule has 0 aromatic heterocycles. The monoisotopic (exact) mass is 227 g/mol. The fraction of sp³-hybridized carbons (Fsp3) is 1.00. The Morgan fingerprint density at radius 2 is 1.56 bits per heavy atom. The molecule has 0 aliphatic carbocycles. The summed E-state index contributed by atoms with van der Waals surface area (Å²) in [6, 6.07) is 0. The number of piperazine rings is 1. The Hall–Kier alpha value is -0.120. The standard InChI is InChI=1S/C13H29N3/c1-13(2)5-8-16-11-9-15(10-12-16)7-4-6-14-3/h13-14H,4-12H2,1-3H3. The minimum atomic E-state index is 0.841. The molecule has 3 heteroatoms. The molecule has 96 valence electrons. The minimum absolute atomic E-state index is 0.841. The van der Waals surface area contributed by atoms with Gasteiger partial charge < -0.3 is 15.1 Å². The second-order valence-corrected chi connectivity index (χ2v) is 5.32. The zero-order valence-corrected chi connectivity index (χ0v) is 11.3. The highest BCUT2D eigenvalue weighted by molar-refractivity contribution is 4.72. The Morgan fingerprint density at radius 3 is 2.06 bits per heavy atom. The zero-order chi connectivity index (χ0) is 11.8. The van der Waals surface area contributed by atoms with Crippen LogP contribution in [-0.4, -0.2) is 62.7 Å². The highest BCUT2D eigenvalue weighted by Crippen LogP contribution is 2.06. The third kappa shape index (κ3) is 5.83. The van der Waals surface area contributed by atoms with Crippen molar-refractivity contribution in [3.63, 3.8) is 0 Å². The zero-order valence-electron chi connectivity index (χ0n) is 11.3. The van der Waals surface area contributed by atoms with Crippen molar-refractivity contribution in [2.45, 2.75) is 26.7 Å². The fourth-order valence-electron chi connectivity index (χ4n) is 2.16. The van der Waals surface area contributed by atoms with Crippen LogP contribution in [0.15, 0.2) is 0 Å². The molecule has 1 rings (SSSR count). The average Bonchev–Trinajstić information content (AvgIpc) is 2.28. The number of nitrogens with zero attached hydrogens (tertiary/aromatic N) is 2. The van der Waals surface area contributed by atoms with Crippen LogP contribution >= 0.6 is 0 Å². The van der Waals surface area contributed by atoms with E-state index in [2.05, 4.69) is 29.0 Å². The van der Waals surface area contributed by atoms with E-state index >= 15 is 0 Å². The van der Waals surface area contributed by atoms with Crippen molar-refractivity contribution in [3.8, 4) is 0 Å². The molecule has 1 aliphatic heterocycles. The molecule has 0 saturated carbocycles. The highest BCUT2D eigenvalue weighted by Gasteiger charge is 2.15. The van der Waals surface area contributed by atoms with E-state index in [9.17, 15) is 0 Å². The average molecular weight is 227 g/mol. The predicted octanol–water partition coefficient (Wildman–Crippen LogP) is 1.26. The van der Waals surface area contributed by atoms with Crippen LogP contribution < -0.4 is 5.32 Å². The van der Waals surface area contributed by atoms with Gasteiger partial charge in [0.05, 0.1) is 0 Å². The molecule has 1 heterocycles. The molecule has 1 saturated heterocycles. The number of rotatable bonds is 7. The lowest BCUT2D eigenvalue weighted by molar-refractivity contribution is 0.127. The maximum atomic E-state index is 3.21. The smallest absolute Gasteiger partial charge is 0.0110 e. The summed E-state index contributed by atoms with van der Waals surface area (Å²) < 4.78 is 0. The van der Waals surface area contributed by atoms with E-state index in [1.807, 2.05) is 7.05 Å². The Labute approximate surface area is 101 Å². The first kappa shape index (κ1) is 13.9. The van der Waals surface area contributed by atoms with Crippen LogP contribution in [0, 0.1) is 5.92 Å². The molecule has 1 N–H and O–H groups in total. The lowest BCUT2D eigenvalue weighted by Crippen LogP contribution is -2.47. The third-order valence-electron chi connectivity index (χ3n) is 3.39. The van der Waals surface area contributed by atoms with Gasteiger partial charge in [0, 0.05) is 26.2 Å². The second kappa shape index (κ2) is 8.04. The van der Waals surface area contributed by atoms with E-state index in [1.165, 1.54) is 52.1 Å². The van der Waals surface area contributed by atoms with Gasteiger partial charge >= 0.3 is 0 Å². The predicted molar refractivity (Wildman–Crippen MR) is 70.9 cm³/mol. The quantitative estimate of drug-likeness (QED) is 0.661. The van der Waals surface area contributed by atoms with Gasteiger partial charge in [-0.1, -0.05) is 13.8 Å². The highest BCUT2D eigenvalue weighted by atomic mass is 15.3. The van der Waals surface area contributed by atoms with Crippen molar-refractivity contribution in [1.29, 1.82) is 0 Å². The maximum Gasteiger partial charge on any atom is 0.0110 e. The van der Waals surface area contributed by atoms with Crippen LogP contribution in [0.2, 0.25) is 0 Å². The third-order valence-corrected chi connectivity index (χ3v) is 3.39. The van der Waals surface area contributed by atoms with Gasteiger partial charge in [0.2, 0.25) is 0 Å². The van der Waals surface area contributed by atoms with E-state index in [0.717, 1.165) is 12.5 Å². The molecule has 16 heavy (non-hydrogen) atoms. The van der Waals surface area contributed by atoms with Crippen LogP contribution in [-0.2, 0) is 0 Å². The molecule has 0 aromatic rings. The molecular formula is C13H29N3. The molecule has 1 aliphatic rings. The molecular weight excluding hydrogens is 198 g/mol. The summed E-state index contributed by atoms with van der Waals surface area (Å²) in [5.74, 6) is 0.841. The number of hydrogen-bond acceptors (Lipinski definition) is 3. The fourth-order valence-corrected chi connectivity index (χ4v) is 2.16. The number of hydrogen-bond donors (Lipinski definition) is 1. The largest absolute Gasteiger partial charge is 0.320 e. The Bertz CT molecular complexity index is 163. The van der Waals surface area contributed by atoms with Gasteiger partial charge in [0.25, 0.3) is 0 Å². The Kier molecular flexibility index (Phi) is 7.01. The van der Waals surface area contributed by atoms with Gasteiger partial charge in [0.1, 0.15) is 0 Å². The van der Waals surface area contributed by atoms with Gasteiger partial charge in [-0.2, -0.15) is 0 Å². The van der Waals surface area contributed by atoms with Crippen LogP contribution in [0.25, 0.3) is 0 Å². The SMILES string of the molecule is CNCCCN1CCN(CCC(C)C)CC1. The van der Waals surface area contributed by atoms with Crippen molar-refractivity contribution >= 4 is 0 Å². The summed E-state index contributed by atoms with van der Waals surface area (Å²) in [4.78, 5) is 5.22. The summed E-state index contributed by atoms with van der Waals surface area (Å²) in [5.41, 5.74) is 0. The van der Waals surface area contributed by atoms with Gasteiger partial charge in [-0.25, -0.2) is 0 Å². The topological polar surface area (TPSA) is 18.5 Å². The maximum absolute atomic E-state index is 3.21. The van der Waals surface area contributed by atoms with E-state index in [-0.39, 0.29) is 0 Å². The van der Waals surface area contributed by atoms with Crippen LogP contribution in [0.3, 0.4) is 0 Å². The first-order chi connectivity index (χ1) is 7.72. The van der Waals surface area contributed by atoms with Crippen LogP contribution in [0.1, 0.15) is 26.7 Å². The second-order valence-electron chi connectivity index (χ2n) is 5.32. The summed E-state index contributed by atoms with van der Waals surface area (Å²) in [5, 5.41) is 3.21. The summed E-state index contributed by atoms with van der Waals surface area (Å²) in [7, 11) is 2.03. The Balaban J connectivity index is 2.04.